The Morgan fingerprint density at radius 2 is 1.90 bits per heavy atom. The molecule has 3 nitrogen and oxygen atoms in total. The fourth-order valence-electron chi connectivity index (χ4n) is 3.02. The van der Waals surface area contributed by atoms with Crippen LogP contribution < -0.4 is 5.73 Å². The summed E-state index contributed by atoms with van der Waals surface area (Å²) in [7, 11) is 0. The molecule has 0 spiro atoms. The molecule has 1 aliphatic carbocycles. The molecule has 1 aromatic carbocycles. The van der Waals surface area contributed by atoms with Crippen LogP contribution in [0.5, 0.6) is 0 Å². The number of nitrogens with two attached hydrogens (primary N) is 1. The zero-order valence-electron chi connectivity index (χ0n) is 11.2. The number of nitrogens with zero attached hydrogens (tertiary/aromatic N) is 1. The van der Waals surface area contributed by atoms with Crippen molar-refractivity contribution in [3.8, 4) is 0 Å². The summed E-state index contributed by atoms with van der Waals surface area (Å²) in [6, 6.07) is 3.46. The molecule has 5 heteroatoms. The zero-order valence-corrected chi connectivity index (χ0v) is 11.2. The van der Waals surface area contributed by atoms with Gasteiger partial charge in [-0.2, -0.15) is 0 Å². The van der Waals surface area contributed by atoms with Crippen molar-refractivity contribution in [2.75, 3.05) is 0 Å². The fourth-order valence-corrected chi connectivity index (χ4v) is 3.02. The van der Waals surface area contributed by atoms with Crippen LogP contribution in [0.2, 0.25) is 0 Å². The number of carbonyl (C=O) groups excluding carboxylic acids is 1. The van der Waals surface area contributed by atoms with Crippen molar-refractivity contribution in [1.29, 1.82) is 0 Å². The van der Waals surface area contributed by atoms with Crippen LogP contribution in [0.15, 0.2) is 18.2 Å². The second kappa shape index (κ2) is 5.13. The summed E-state index contributed by atoms with van der Waals surface area (Å²) in [5, 5.41) is 0. The SMILES string of the molecule is NC1CCCC(=O)N(C2CC2)C1c1ccc(F)c(F)c1. The highest BCUT2D eigenvalue weighted by Crippen LogP contribution is 2.39. The Bertz CT molecular complexity index is 531. The molecule has 2 atom stereocenters. The van der Waals surface area contributed by atoms with E-state index >= 15 is 0 Å². The molecule has 20 heavy (non-hydrogen) atoms. The summed E-state index contributed by atoms with van der Waals surface area (Å²) in [4.78, 5) is 14.1. The smallest absolute Gasteiger partial charge is 0.223 e. The highest BCUT2D eigenvalue weighted by molar-refractivity contribution is 5.78. The maximum atomic E-state index is 13.5. The Kier molecular flexibility index (Phi) is 3.46. The second-order valence-electron chi connectivity index (χ2n) is 5.71. The maximum Gasteiger partial charge on any atom is 0.223 e. The van der Waals surface area contributed by atoms with Crippen molar-refractivity contribution in [2.45, 2.75) is 50.2 Å². The summed E-state index contributed by atoms with van der Waals surface area (Å²) < 4.78 is 26.6. The summed E-state index contributed by atoms with van der Waals surface area (Å²) in [5.74, 6) is -1.68. The van der Waals surface area contributed by atoms with Crippen molar-refractivity contribution in [3.05, 3.63) is 35.4 Å². The van der Waals surface area contributed by atoms with E-state index < -0.39 is 11.6 Å². The quantitative estimate of drug-likeness (QED) is 0.904. The molecule has 2 unspecified atom stereocenters. The van der Waals surface area contributed by atoms with Crippen LogP contribution in [0.1, 0.15) is 43.7 Å². The second-order valence-corrected chi connectivity index (χ2v) is 5.71. The van der Waals surface area contributed by atoms with Gasteiger partial charge in [0, 0.05) is 18.5 Å². The molecule has 3 rings (SSSR count). The summed E-state index contributed by atoms with van der Waals surface area (Å²) in [6.45, 7) is 0. The molecule has 0 radical (unpaired) electrons. The van der Waals surface area contributed by atoms with E-state index in [9.17, 15) is 13.6 Å². The Hall–Kier alpha value is -1.49. The Morgan fingerprint density at radius 1 is 1.15 bits per heavy atom. The van der Waals surface area contributed by atoms with Crippen molar-refractivity contribution in [1.82, 2.24) is 4.90 Å². The lowest BCUT2D eigenvalue weighted by Gasteiger charge is -2.34. The number of amides is 1. The van der Waals surface area contributed by atoms with Gasteiger partial charge in [0.15, 0.2) is 11.6 Å². The average Bonchev–Trinajstić information content (AvgIpc) is 3.22. The number of rotatable bonds is 2. The third kappa shape index (κ3) is 2.42. The number of hydrogen-bond acceptors (Lipinski definition) is 2. The predicted octanol–water partition coefficient (Wildman–Crippen LogP) is 2.51. The Morgan fingerprint density at radius 3 is 2.55 bits per heavy atom. The van der Waals surface area contributed by atoms with Gasteiger partial charge < -0.3 is 10.6 Å². The van der Waals surface area contributed by atoms with Gasteiger partial charge in [0.05, 0.1) is 6.04 Å². The van der Waals surface area contributed by atoms with E-state index in [2.05, 4.69) is 0 Å². The largest absolute Gasteiger partial charge is 0.331 e. The number of benzene rings is 1. The summed E-state index contributed by atoms with van der Waals surface area (Å²) in [5.41, 5.74) is 6.80. The molecule has 1 amide bonds. The maximum absolute atomic E-state index is 13.5. The number of hydrogen-bond donors (Lipinski definition) is 1. The van der Waals surface area contributed by atoms with Gasteiger partial charge in [0.2, 0.25) is 5.91 Å². The molecule has 0 bridgehead atoms. The number of carbonyl (C=O) groups is 1. The lowest BCUT2D eigenvalue weighted by atomic mass is 9.96. The first-order valence-corrected chi connectivity index (χ1v) is 7.09. The molecule has 0 aromatic heterocycles. The van der Waals surface area contributed by atoms with E-state index in [0.29, 0.717) is 12.0 Å². The molecule has 1 aliphatic heterocycles. The third-order valence-corrected chi connectivity index (χ3v) is 4.15. The van der Waals surface area contributed by atoms with E-state index in [0.717, 1.165) is 31.7 Å². The van der Waals surface area contributed by atoms with Gasteiger partial charge in [-0.05, 0) is 43.4 Å². The van der Waals surface area contributed by atoms with Crippen LogP contribution in [0.4, 0.5) is 8.78 Å². The molecule has 1 heterocycles. The molecule has 2 fully saturated rings. The number of halogens is 2. The molecule has 2 N–H and O–H groups in total. The van der Waals surface area contributed by atoms with Gasteiger partial charge in [-0.3, -0.25) is 4.79 Å². The first-order valence-electron chi connectivity index (χ1n) is 7.09. The summed E-state index contributed by atoms with van der Waals surface area (Å²) >= 11 is 0. The third-order valence-electron chi connectivity index (χ3n) is 4.15. The molecule has 1 saturated carbocycles. The van der Waals surface area contributed by atoms with Gasteiger partial charge in [-0.25, -0.2) is 8.78 Å². The van der Waals surface area contributed by atoms with E-state index in [1.54, 1.807) is 0 Å². The highest BCUT2D eigenvalue weighted by atomic mass is 19.2. The normalized spacial score (nSPS) is 27.6. The van der Waals surface area contributed by atoms with Gasteiger partial charge in [-0.15, -0.1) is 0 Å². The van der Waals surface area contributed by atoms with Crippen molar-refractivity contribution in [2.24, 2.45) is 5.73 Å². The van der Waals surface area contributed by atoms with Gasteiger partial charge >= 0.3 is 0 Å². The van der Waals surface area contributed by atoms with Crippen LogP contribution in [0.25, 0.3) is 0 Å². The van der Waals surface area contributed by atoms with Gasteiger partial charge in [0.25, 0.3) is 0 Å². The van der Waals surface area contributed by atoms with E-state index in [4.69, 9.17) is 5.73 Å². The first-order chi connectivity index (χ1) is 9.58. The topological polar surface area (TPSA) is 46.3 Å². The molecule has 108 valence electrons. The van der Waals surface area contributed by atoms with Gasteiger partial charge in [-0.1, -0.05) is 6.07 Å². The predicted molar refractivity (Wildman–Crippen MR) is 70.8 cm³/mol. The van der Waals surface area contributed by atoms with Gasteiger partial charge in [0.1, 0.15) is 0 Å². The van der Waals surface area contributed by atoms with Crippen molar-refractivity contribution < 1.29 is 13.6 Å². The van der Waals surface area contributed by atoms with E-state index in [-0.39, 0.29) is 24.0 Å². The minimum atomic E-state index is -0.887. The van der Waals surface area contributed by atoms with Crippen LogP contribution in [0, 0.1) is 11.6 Å². The first kappa shape index (κ1) is 13.5. The van der Waals surface area contributed by atoms with E-state index in [1.165, 1.54) is 12.1 Å². The van der Waals surface area contributed by atoms with Crippen LogP contribution in [-0.2, 0) is 4.79 Å². The minimum Gasteiger partial charge on any atom is -0.331 e. The zero-order chi connectivity index (χ0) is 14.3. The van der Waals surface area contributed by atoms with Crippen LogP contribution in [0.3, 0.4) is 0 Å². The highest BCUT2D eigenvalue weighted by Gasteiger charge is 2.41. The molecular formula is C15H18F2N2O. The molecule has 1 saturated heterocycles. The monoisotopic (exact) mass is 280 g/mol. The minimum absolute atomic E-state index is 0.0789. The average molecular weight is 280 g/mol. The van der Waals surface area contributed by atoms with E-state index in [1.807, 2.05) is 4.90 Å². The fraction of sp³-hybridized carbons (Fsp3) is 0.533. The van der Waals surface area contributed by atoms with Crippen LogP contribution in [-0.4, -0.2) is 22.9 Å². The van der Waals surface area contributed by atoms with Crippen LogP contribution >= 0.6 is 0 Å². The van der Waals surface area contributed by atoms with Crippen molar-refractivity contribution in [3.63, 3.8) is 0 Å². The Balaban J connectivity index is 2.00. The Labute approximate surface area is 116 Å². The standard InChI is InChI=1S/C15H18F2N2O/c16-11-7-4-9(8-12(11)17)15-13(18)2-1-3-14(20)19(15)10-5-6-10/h4,7-8,10,13,15H,1-3,5-6,18H2. The van der Waals surface area contributed by atoms with Crippen molar-refractivity contribution >= 4 is 5.91 Å². The molecule has 1 aromatic rings. The lowest BCUT2D eigenvalue weighted by molar-refractivity contribution is -0.133. The summed E-state index contributed by atoms with van der Waals surface area (Å²) in [6.07, 6.45) is 3.91. The molecular weight excluding hydrogens is 262 g/mol. The number of likely N-dealkylation sites (tertiary alicyclic amines) is 1. The lowest BCUT2D eigenvalue weighted by Crippen LogP contribution is -2.43. The molecule has 2 aliphatic rings.